The summed E-state index contributed by atoms with van der Waals surface area (Å²) in [5.41, 5.74) is 2.25. The Bertz CT molecular complexity index is 628. The van der Waals surface area contributed by atoms with E-state index in [2.05, 4.69) is 35.2 Å². The van der Waals surface area contributed by atoms with Crippen LogP contribution in [0.5, 0.6) is 0 Å². The average Bonchev–Trinajstić information content (AvgIpc) is 3.07. The van der Waals surface area contributed by atoms with Crippen LogP contribution in [0.3, 0.4) is 0 Å². The van der Waals surface area contributed by atoms with E-state index in [4.69, 9.17) is 16.6 Å². The first-order chi connectivity index (χ1) is 9.85. The van der Waals surface area contributed by atoms with Crippen LogP contribution in [-0.4, -0.2) is 18.1 Å². The van der Waals surface area contributed by atoms with Gasteiger partial charge in [-0.15, -0.1) is 11.6 Å². The fourth-order valence-corrected chi connectivity index (χ4v) is 4.13. The van der Waals surface area contributed by atoms with E-state index >= 15 is 0 Å². The molecule has 1 saturated heterocycles. The third kappa shape index (κ3) is 1.98. The Labute approximate surface area is 124 Å². The zero-order valence-corrected chi connectivity index (χ0v) is 12.3. The average molecular weight is 287 g/mol. The van der Waals surface area contributed by atoms with Gasteiger partial charge >= 0.3 is 0 Å². The molecule has 2 nitrogen and oxygen atoms in total. The number of pyridine rings is 1. The molecule has 0 radical (unpaired) electrons. The van der Waals surface area contributed by atoms with Crippen LogP contribution in [0.1, 0.15) is 24.8 Å². The summed E-state index contributed by atoms with van der Waals surface area (Å²) in [7, 11) is 0. The first-order valence-electron chi connectivity index (χ1n) is 7.55. The Morgan fingerprint density at radius 3 is 2.65 bits per heavy atom. The number of hydrogen-bond donors (Lipinski definition) is 0. The van der Waals surface area contributed by atoms with Crippen molar-refractivity contribution in [2.45, 2.75) is 25.1 Å². The lowest BCUT2D eigenvalue weighted by Gasteiger charge is -2.21. The van der Waals surface area contributed by atoms with E-state index in [0.29, 0.717) is 5.88 Å². The maximum absolute atomic E-state index is 6.16. The van der Waals surface area contributed by atoms with Crippen molar-refractivity contribution in [1.82, 2.24) is 4.98 Å². The molecule has 2 aromatic rings. The predicted octanol–water partition coefficient (Wildman–Crippen LogP) is 4.21. The van der Waals surface area contributed by atoms with Crippen LogP contribution in [-0.2, 0) is 5.88 Å². The van der Waals surface area contributed by atoms with Gasteiger partial charge in [-0.3, -0.25) is 0 Å². The number of para-hydroxylation sites is 1. The number of benzene rings is 1. The summed E-state index contributed by atoms with van der Waals surface area (Å²) in [5, 5.41) is 1.19. The zero-order valence-electron chi connectivity index (χ0n) is 11.6. The van der Waals surface area contributed by atoms with Crippen LogP contribution in [0.15, 0.2) is 30.3 Å². The van der Waals surface area contributed by atoms with Gasteiger partial charge in [-0.25, -0.2) is 4.98 Å². The molecule has 2 aliphatic rings. The number of rotatable bonds is 2. The van der Waals surface area contributed by atoms with E-state index in [-0.39, 0.29) is 0 Å². The lowest BCUT2D eigenvalue weighted by molar-refractivity contribution is 0.494. The third-order valence-electron chi connectivity index (χ3n) is 4.95. The molecule has 1 aromatic carbocycles. The van der Waals surface area contributed by atoms with Crippen LogP contribution in [0.4, 0.5) is 5.82 Å². The van der Waals surface area contributed by atoms with Crippen molar-refractivity contribution in [2.24, 2.45) is 11.8 Å². The highest BCUT2D eigenvalue weighted by Gasteiger charge is 2.37. The number of nitrogens with zero attached hydrogens (tertiary/aromatic N) is 2. The molecule has 1 aliphatic carbocycles. The Hall–Kier alpha value is -1.28. The molecule has 104 valence electrons. The first kappa shape index (κ1) is 12.5. The van der Waals surface area contributed by atoms with Crippen molar-refractivity contribution >= 4 is 28.3 Å². The largest absolute Gasteiger partial charge is 0.356 e. The molecule has 1 aliphatic heterocycles. The lowest BCUT2D eigenvalue weighted by atomic mass is 10.0. The van der Waals surface area contributed by atoms with Gasteiger partial charge in [-0.1, -0.05) is 24.6 Å². The summed E-state index contributed by atoms with van der Waals surface area (Å²) in [4.78, 5) is 7.37. The molecule has 2 fully saturated rings. The van der Waals surface area contributed by atoms with Crippen LogP contribution in [0.2, 0.25) is 0 Å². The summed E-state index contributed by atoms with van der Waals surface area (Å²) in [6, 6.07) is 10.5. The van der Waals surface area contributed by atoms with Gasteiger partial charge in [0.2, 0.25) is 0 Å². The lowest BCUT2D eigenvalue weighted by Crippen LogP contribution is -2.23. The van der Waals surface area contributed by atoms with Gasteiger partial charge in [0.1, 0.15) is 5.82 Å². The first-order valence-corrected chi connectivity index (χ1v) is 8.08. The van der Waals surface area contributed by atoms with Gasteiger partial charge < -0.3 is 4.90 Å². The summed E-state index contributed by atoms with van der Waals surface area (Å²) in [5.74, 6) is 3.42. The molecule has 20 heavy (non-hydrogen) atoms. The van der Waals surface area contributed by atoms with Crippen LogP contribution in [0.25, 0.3) is 10.9 Å². The molecule has 0 N–H and O–H groups in total. The number of fused-ring (bicyclic) bond motifs is 2. The normalized spacial score (nSPS) is 25.4. The van der Waals surface area contributed by atoms with Crippen LogP contribution < -0.4 is 4.90 Å². The quantitative estimate of drug-likeness (QED) is 0.769. The van der Waals surface area contributed by atoms with Crippen LogP contribution in [0, 0.1) is 11.8 Å². The third-order valence-corrected chi connectivity index (χ3v) is 5.24. The minimum Gasteiger partial charge on any atom is -0.356 e. The number of halogens is 1. The maximum Gasteiger partial charge on any atom is 0.133 e. The molecule has 0 bridgehead atoms. The number of alkyl halides is 1. The highest BCUT2D eigenvalue weighted by atomic mass is 35.5. The predicted molar refractivity (Wildman–Crippen MR) is 84.3 cm³/mol. The topological polar surface area (TPSA) is 16.1 Å². The smallest absolute Gasteiger partial charge is 0.133 e. The van der Waals surface area contributed by atoms with E-state index in [0.717, 1.165) is 23.2 Å². The second-order valence-electron chi connectivity index (χ2n) is 6.15. The fourth-order valence-electron chi connectivity index (χ4n) is 3.93. The van der Waals surface area contributed by atoms with Gasteiger partial charge in [0, 0.05) is 24.0 Å². The molecule has 2 unspecified atom stereocenters. The molecule has 3 heteroatoms. The van der Waals surface area contributed by atoms with Gasteiger partial charge in [0.05, 0.1) is 11.4 Å². The molecule has 1 saturated carbocycles. The number of hydrogen-bond acceptors (Lipinski definition) is 2. The second-order valence-corrected chi connectivity index (χ2v) is 6.42. The Morgan fingerprint density at radius 1 is 1.15 bits per heavy atom. The van der Waals surface area contributed by atoms with Crippen molar-refractivity contribution in [3.63, 3.8) is 0 Å². The fraction of sp³-hybridized carbons (Fsp3) is 0.471. The monoisotopic (exact) mass is 286 g/mol. The summed E-state index contributed by atoms with van der Waals surface area (Å²) >= 11 is 6.16. The minimum atomic E-state index is 0.541. The molecule has 4 rings (SSSR count). The molecule has 0 spiro atoms. The summed E-state index contributed by atoms with van der Waals surface area (Å²) < 4.78 is 0. The maximum atomic E-state index is 6.16. The SMILES string of the molecule is ClCc1cc2ccccc2nc1N1CC2CCCC2C1. The van der Waals surface area contributed by atoms with Gasteiger partial charge in [-0.2, -0.15) is 0 Å². The van der Waals surface area contributed by atoms with E-state index in [9.17, 15) is 0 Å². The Kier molecular flexibility index (Phi) is 3.07. The van der Waals surface area contributed by atoms with Crippen molar-refractivity contribution in [3.05, 3.63) is 35.9 Å². The molecular weight excluding hydrogens is 268 g/mol. The highest BCUT2D eigenvalue weighted by Crippen LogP contribution is 2.40. The molecule has 1 aromatic heterocycles. The van der Waals surface area contributed by atoms with Crippen molar-refractivity contribution in [1.29, 1.82) is 0 Å². The van der Waals surface area contributed by atoms with E-state index in [1.165, 1.54) is 43.3 Å². The van der Waals surface area contributed by atoms with Crippen LogP contribution >= 0.6 is 11.6 Å². The number of aromatic nitrogens is 1. The Balaban J connectivity index is 1.75. The summed E-state index contributed by atoms with van der Waals surface area (Å²) in [6.45, 7) is 2.33. The van der Waals surface area contributed by atoms with Gasteiger partial charge in [0.15, 0.2) is 0 Å². The molecular formula is C17H19ClN2. The highest BCUT2D eigenvalue weighted by molar-refractivity contribution is 6.17. The standard InChI is InChI=1S/C17H19ClN2/c18-9-15-8-12-4-1-2-7-16(12)19-17(15)20-10-13-5-3-6-14(13)11-20/h1-2,4,7-8,13-14H,3,5-6,9-11H2. The van der Waals surface area contributed by atoms with Gasteiger partial charge in [0.25, 0.3) is 0 Å². The van der Waals surface area contributed by atoms with E-state index < -0.39 is 0 Å². The van der Waals surface area contributed by atoms with Crippen molar-refractivity contribution in [3.8, 4) is 0 Å². The van der Waals surface area contributed by atoms with Gasteiger partial charge in [-0.05, 0) is 36.8 Å². The second kappa shape index (κ2) is 4.92. The summed E-state index contributed by atoms with van der Waals surface area (Å²) in [6.07, 6.45) is 4.20. The van der Waals surface area contributed by atoms with Crippen molar-refractivity contribution in [2.75, 3.05) is 18.0 Å². The van der Waals surface area contributed by atoms with E-state index in [1.54, 1.807) is 0 Å². The van der Waals surface area contributed by atoms with E-state index in [1.807, 2.05) is 0 Å². The number of anilines is 1. The molecule has 0 amide bonds. The molecule has 2 atom stereocenters. The van der Waals surface area contributed by atoms with Crippen molar-refractivity contribution < 1.29 is 0 Å². The Morgan fingerprint density at radius 2 is 1.90 bits per heavy atom. The minimum absolute atomic E-state index is 0.541. The molecule has 2 heterocycles. The zero-order chi connectivity index (χ0) is 13.5.